The number of hydrogen-bond acceptors (Lipinski definition) is 1. The first-order chi connectivity index (χ1) is 8.24. The van der Waals surface area contributed by atoms with Crippen molar-refractivity contribution in [1.82, 2.24) is 0 Å². The summed E-state index contributed by atoms with van der Waals surface area (Å²) in [6, 6.07) is 0. The highest BCUT2D eigenvalue weighted by Gasteiger charge is 2.26. The second kappa shape index (κ2) is 3.74. The van der Waals surface area contributed by atoms with Gasteiger partial charge in [0.2, 0.25) is 0 Å². The zero-order valence-corrected chi connectivity index (χ0v) is 9.26. The fourth-order valence-electron chi connectivity index (χ4n) is 2.57. The normalized spacial score (nSPS) is 24.4. The van der Waals surface area contributed by atoms with Crippen LogP contribution < -0.4 is 0 Å². The van der Waals surface area contributed by atoms with Crippen molar-refractivity contribution < 1.29 is 9.90 Å². The van der Waals surface area contributed by atoms with Gasteiger partial charge in [-0.05, 0) is 22.3 Å². The van der Waals surface area contributed by atoms with Crippen molar-refractivity contribution in [3.05, 3.63) is 70.9 Å². The molecular weight excluding hydrogens is 212 g/mol. The Hall–Kier alpha value is -2.09. The Labute approximate surface area is 99.6 Å². The third-order valence-corrected chi connectivity index (χ3v) is 3.21. The fraction of sp³-hybridized carbons (Fsp3) is 0.133. The molecule has 0 aromatic carbocycles. The van der Waals surface area contributed by atoms with Crippen LogP contribution in [0, 0.1) is 5.92 Å². The Balaban J connectivity index is 2.05. The Morgan fingerprint density at radius 2 is 1.76 bits per heavy atom. The van der Waals surface area contributed by atoms with Gasteiger partial charge in [0.05, 0.1) is 6.42 Å². The van der Waals surface area contributed by atoms with Gasteiger partial charge in [0.15, 0.2) is 0 Å². The Bertz CT molecular complexity index is 564. The van der Waals surface area contributed by atoms with Crippen LogP contribution in [0.1, 0.15) is 6.42 Å². The third kappa shape index (κ3) is 1.72. The summed E-state index contributed by atoms with van der Waals surface area (Å²) < 4.78 is 0. The maximum Gasteiger partial charge on any atom is 0.307 e. The van der Waals surface area contributed by atoms with E-state index in [-0.39, 0.29) is 6.42 Å². The van der Waals surface area contributed by atoms with Gasteiger partial charge >= 0.3 is 5.97 Å². The topological polar surface area (TPSA) is 37.3 Å². The van der Waals surface area contributed by atoms with Gasteiger partial charge in [-0.2, -0.15) is 0 Å². The number of carbonyl (C=O) groups is 1. The zero-order valence-electron chi connectivity index (χ0n) is 9.26. The molecule has 1 N–H and O–H groups in total. The van der Waals surface area contributed by atoms with E-state index >= 15 is 0 Å². The average Bonchev–Trinajstić information content (AvgIpc) is 2.28. The van der Waals surface area contributed by atoms with Crippen LogP contribution in [-0.4, -0.2) is 11.1 Å². The van der Waals surface area contributed by atoms with Crippen molar-refractivity contribution in [2.45, 2.75) is 6.42 Å². The van der Waals surface area contributed by atoms with Gasteiger partial charge < -0.3 is 5.11 Å². The molecule has 0 amide bonds. The lowest BCUT2D eigenvalue weighted by atomic mass is 9.74. The van der Waals surface area contributed by atoms with Crippen molar-refractivity contribution in [3.8, 4) is 0 Å². The third-order valence-electron chi connectivity index (χ3n) is 3.21. The minimum absolute atomic E-state index is 0.0875. The fourth-order valence-corrected chi connectivity index (χ4v) is 2.57. The number of aliphatic carboxylic acids is 1. The van der Waals surface area contributed by atoms with E-state index in [1.807, 2.05) is 24.3 Å². The second-order valence-electron chi connectivity index (χ2n) is 4.42. The molecule has 0 aromatic rings. The quantitative estimate of drug-likeness (QED) is 0.783. The highest BCUT2D eigenvalue weighted by Crippen LogP contribution is 2.40. The first-order valence-electron chi connectivity index (χ1n) is 5.64. The van der Waals surface area contributed by atoms with Gasteiger partial charge in [-0.3, -0.25) is 4.79 Å². The van der Waals surface area contributed by atoms with Crippen molar-refractivity contribution in [1.29, 1.82) is 0 Å². The number of hydrogen-bond donors (Lipinski definition) is 1. The molecule has 3 rings (SSSR count). The average molecular weight is 224 g/mol. The highest BCUT2D eigenvalue weighted by atomic mass is 16.4. The summed E-state index contributed by atoms with van der Waals surface area (Å²) in [4.78, 5) is 10.8. The first kappa shape index (κ1) is 10.1. The summed E-state index contributed by atoms with van der Waals surface area (Å²) in [5.74, 6) is -0.475. The lowest BCUT2D eigenvalue weighted by Gasteiger charge is -2.29. The molecule has 0 saturated carbocycles. The zero-order chi connectivity index (χ0) is 11.8. The minimum Gasteiger partial charge on any atom is -0.481 e. The predicted molar refractivity (Wildman–Crippen MR) is 66.4 cm³/mol. The summed E-state index contributed by atoms with van der Waals surface area (Å²) in [6.45, 7) is 0. The molecule has 3 aliphatic carbocycles. The lowest BCUT2D eigenvalue weighted by molar-refractivity contribution is -0.136. The molecule has 84 valence electrons. The van der Waals surface area contributed by atoms with E-state index in [1.54, 1.807) is 0 Å². The van der Waals surface area contributed by atoms with Crippen molar-refractivity contribution >= 4 is 5.97 Å². The SMILES string of the molecule is O=C(O)CC1=CC2=CC=CC3=CC=CC(=C1)C32. The van der Waals surface area contributed by atoms with E-state index in [4.69, 9.17) is 5.11 Å². The molecule has 0 spiro atoms. The Morgan fingerprint density at radius 3 is 2.53 bits per heavy atom. The molecule has 1 unspecified atom stereocenters. The van der Waals surface area contributed by atoms with Gasteiger partial charge in [0, 0.05) is 5.92 Å². The van der Waals surface area contributed by atoms with Crippen molar-refractivity contribution in [2.75, 3.05) is 0 Å². The minimum atomic E-state index is -0.783. The molecule has 0 fully saturated rings. The van der Waals surface area contributed by atoms with E-state index in [0.29, 0.717) is 5.92 Å². The van der Waals surface area contributed by atoms with Gasteiger partial charge in [0.1, 0.15) is 0 Å². The molecule has 0 aliphatic heterocycles. The molecule has 2 heteroatoms. The highest BCUT2D eigenvalue weighted by molar-refractivity contribution is 5.73. The van der Waals surface area contributed by atoms with Crippen LogP contribution in [0.15, 0.2) is 70.9 Å². The van der Waals surface area contributed by atoms with Gasteiger partial charge in [0.25, 0.3) is 0 Å². The number of carboxylic acid groups (broad SMARTS) is 1. The molecule has 0 radical (unpaired) electrons. The standard InChI is InChI=1S/C15H12O2/c16-14(17)9-10-7-12-5-1-3-11-4-2-6-13(8-10)15(11)12/h1-8,15H,9H2,(H,16,17). The summed E-state index contributed by atoms with van der Waals surface area (Å²) in [5.41, 5.74) is 4.53. The maximum atomic E-state index is 10.8. The van der Waals surface area contributed by atoms with E-state index in [9.17, 15) is 4.79 Å². The summed E-state index contributed by atoms with van der Waals surface area (Å²) in [7, 11) is 0. The largest absolute Gasteiger partial charge is 0.481 e. The molecule has 0 aromatic heterocycles. The van der Waals surface area contributed by atoms with Crippen LogP contribution in [-0.2, 0) is 4.79 Å². The Morgan fingerprint density at radius 1 is 1.06 bits per heavy atom. The maximum absolute atomic E-state index is 10.8. The van der Waals surface area contributed by atoms with Crippen LogP contribution >= 0.6 is 0 Å². The second-order valence-corrected chi connectivity index (χ2v) is 4.42. The smallest absolute Gasteiger partial charge is 0.307 e. The van der Waals surface area contributed by atoms with Gasteiger partial charge in [-0.1, -0.05) is 48.6 Å². The van der Waals surface area contributed by atoms with E-state index in [1.165, 1.54) is 16.7 Å². The van der Waals surface area contributed by atoms with Gasteiger partial charge in [-0.15, -0.1) is 0 Å². The molecule has 0 heterocycles. The predicted octanol–water partition coefficient (Wildman–Crippen LogP) is 2.94. The summed E-state index contributed by atoms with van der Waals surface area (Å²) in [6.07, 6.45) is 16.5. The first-order valence-corrected chi connectivity index (χ1v) is 5.64. The molecule has 0 saturated heterocycles. The van der Waals surface area contributed by atoms with Gasteiger partial charge in [-0.25, -0.2) is 0 Å². The molecule has 1 atom stereocenters. The van der Waals surface area contributed by atoms with Crippen LogP contribution in [0.5, 0.6) is 0 Å². The van der Waals surface area contributed by atoms with Crippen molar-refractivity contribution in [2.24, 2.45) is 5.92 Å². The number of rotatable bonds is 2. The number of carboxylic acids is 1. The lowest BCUT2D eigenvalue weighted by Crippen LogP contribution is -2.16. The van der Waals surface area contributed by atoms with Crippen LogP contribution in [0.25, 0.3) is 0 Å². The van der Waals surface area contributed by atoms with E-state index in [2.05, 4.69) is 24.3 Å². The van der Waals surface area contributed by atoms with E-state index in [0.717, 1.165) is 5.57 Å². The molecule has 2 nitrogen and oxygen atoms in total. The molecule has 0 bridgehead atoms. The Kier molecular flexibility index (Phi) is 2.22. The molecule has 17 heavy (non-hydrogen) atoms. The summed E-state index contributed by atoms with van der Waals surface area (Å²) in [5, 5.41) is 8.85. The number of allylic oxidation sites excluding steroid dienone is 11. The van der Waals surface area contributed by atoms with Crippen molar-refractivity contribution in [3.63, 3.8) is 0 Å². The van der Waals surface area contributed by atoms with Crippen LogP contribution in [0.4, 0.5) is 0 Å². The summed E-state index contributed by atoms with van der Waals surface area (Å²) >= 11 is 0. The molecule has 3 aliphatic rings. The van der Waals surface area contributed by atoms with Crippen LogP contribution in [0.2, 0.25) is 0 Å². The monoisotopic (exact) mass is 224 g/mol. The molecular formula is C15H12O2. The van der Waals surface area contributed by atoms with E-state index < -0.39 is 5.97 Å². The van der Waals surface area contributed by atoms with Crippen LogP contribution in [0.3, 0.4) is 0 Å².